The molecule has 0 spiro atoms. The van der Waals surface area contributed by atoms with Gasteiger partial charge in [0, 0.05) is 16.1 Å². The number of hydrogen-bond acceptors (Lipinski definition) is 3. The van der Waals surface area contributed by atoms with E-state index in [0.717, 1.165) is 29.5 Å². The van der Waals surface area contributed by atoms with Crippen LogP contribution >= 0.6 is 11.6 Å². The maximum Gasteiger partial charge on any atom is 0.127 e. The van der Waals surface area contributed by atoms with E-state index in [0.29, 0.717) is 10.8 Å². The molecule has 1 aromatic heterocycles. The monoisotopic (exact) mass is 413 g/mol. The first-order valence-electron chi connectivity index (χ1n) is 10.1. The summed E-state index contributed by atoms with van der Waals surface area (Å²) in [6.45, 7) is 13.2. The summed E-state index contributed by atoms with van der Waals surface area (Å²) in [6.07, 6.45) is 5.17. The number of phenols is 1. The van der Waals surface area contributed by atoms with Crippen molar-refractivity contribution in [2.75, 3.05) is 0 Å². The number of nitrogens with zero attached hydrogens (tertiary/aromatic N) is 2. The van der Waals surface area contributed by atoms with E-state index in [1.165, 1.54) is 5.56 Å². The third-order valence-corrected chi connectivity index (χ3v) is 6.09. The number of aromatic hydroxyl groups is 1. The number of nitrogens with one attached hydrogen (secondary N) is 1. The van der Waals surface area contributed by atoms with Crippen LogP contribution in [0.4, 0.5) is 0 Å². The first-order valence-corrected chi connectivity index (χ1v) is 10.4. The van der Waals surface area contributed by atoms with Gasteiger partial charge in [-0.15, -0.1) is 0 Å². The van der Waals surface area contributed by atoms with Crippen LogP contribution in [0.3, 0.4) is 0 Å². The summed E-state index contributed by atoms with van der Waals surface area (Å²) >= 11 is 6.18. The number of rotatable bonds is 5. The minimum absolute atomic E-state index is 0.0552. The fourth-order valence-corrected chi connectivity index (χ4v) is 3.17. The normalized spacial score (nSPS) is 11.7. The van der Waals surface area contributed by atoms with Crippen molar-refractivity contribution in [1.29, 1.82) is 0 Å². The van der Waals surface area contributed by atoms with Crippen molar-refractivity contribution in [2.24, 2.45) is 0 Å². The molecule has 29 heavy (non-hydrogen) atoms. The molecule has 0 saturated heterocycles. The van der Waals surface area contributed by atoms with Gasteiger partial charge in [-0.2, -0.15) is 15.4 Å². The smallest absolute Gasteiger partial charge is 0.127 e. The van der Waals surface area contributed by atoms with E-state index in [2.05, 4.69) is 69.1 Å². The van der Waals surface area contributed by atoms with Crippen LogP contribution in [0.2, 0.25) is 5.02 Å². The molecule has 0 bridgehead atoms. The minimum Gasteiger partial charge on any atom is -0.507 e. The van der Waals surface area contributed by atoms with Crippen molar-refractivity contribution in [3.05, 3.63) is 64.9 Å². The van der Waals surface area contributed by atoms with Crippen molar-refractivity contribution < 1.29 is 5.11 Å². The lowest BCUT2D eigenvalue weighted by atomic mass is 9.74. The van der Waals surface area contributed by atoms with Gasteiger partial charge < -0.3 is 5.11 Å². The van der Waals surface area contributed by atoms with Crippen molar-refractivity contribution in [2.45, 2.75) is 65.2 Å². The standard InChI is InChI=1S/C22H29ClO.C2H3N3/c1-7-21(3,4)16-13-18(15-10-9-11-17(23)12-15)20(24)19(14-16)22(5,6)8-2;1-2-4-5-3-1/h9-14,24H,7-8H2,1-6H3;1-2H,(H,3,4,5). The first kappa shape index (κ1) is 23.0. The molecule has 0 fully saturated rings. The fraction of sp³-hybridized carbons (Fsp3) is 0.417. The maximum absolute atomic E-state index is 11.0. The highest BCUT2D eigenvalue weighted by Gasteiger charge is 2.28. The van der Waals surface area contributed by atoms with Crippen LogP contribution in [0.5, 0.6) is 5.75 Å². The maximum atomic E-state index is 11.0. The molecule has 4 nitrogen and oxygen atoms in total. The Labute approximate surface area is 179 Å². The van der Waals surface area contributed by atoms with E-state index < -0.39 is 0 Å². The van der Waals surface area contributed by atoms with E-state index in [-0.39, 0.29) is 10.8 Å². The summed E-state index contributed by atoms with van der Waals surface area (Å²) in [5, 5.41) is 21.0. The van der Waals surface area contributed by atoms with E-state index in [9.17, 15) is 5.11 Å². The molecule has 3 aromatic rings. The average Bonchev–Trinajstić information content (AvgIpc) is 3.28. The summed E-state index contributed by atoms with van der Waals surface area (Å²) in [7, 11) is 0. The molecule has 5 heteroatoms. The highest BCUT2D eigenvalue weighted by Crippen LogP contribution is 2.44. The molecular weight excluding hydrogens is 382 g/mol. The molecule has 2 N–H and O–H groups in total. The number of benzene rings is 2. The molecule has 0 aliphatic heterocycles. The number of halogens is 1. The largest absolute Gasteiger partial charge is 0.507 e. The lowest BCUT2D eigenvalue weighted by Crippen LogP contribution is -2.20. The van der Waals surface area contributed by atoms with Crippen molar-refractivity contribution in [3.8, 4) is 16.9 Å². The van der Waals surface area contributed by atoms with Gasteiger partial charge in [0.2, 0.25) is 0 Å². The molecular formula is C24H32ClN3O. The Hall–Kier alpha value is -2.33. The lowest BCUT2D eigenvalue weighted by molar-refractivity contribution is 0.426. The molecule has 2 aromatic carbocycles. The predicted octanol–water partition coefficient (Wildman–Crippen LogP) is 6.89. The lowest BCUT2D eigenvalue weighted by Gasteiger charge is -2.30. The molecule has 0 radical (unpaired) electrons. The van der Waals surface area contributed by atoms with Gasteiger partial charge >= 0.3 is 0 Å². The van der Waals surface area contributed by atoms with E-state index in [4.69, 9.17) is 11.6 Å². The van der Waals surface area contributed by atoms with Crippen LogP contribution in [0.1, 0.15) is 65.5 Å². The third-order valence-electron chi connectivity index (χ3n) is 5.86. The molecule has 0 unspecified atom stereocenters. The number of H-pyrrole nitrogens is 1. The Morgan fingerprint density at radius 3 is 2.03 bits per heavy atom. The van der Waals surface area contributed by atoms with Crippen LogP contribution in [-0.4, -0.2) is 20.5 Å². The zero-order valence-corrected chi connectivity index (χ0v) is 19.0. The van der Waals surface area contributed by atoms with Crippen LogP contribution in [0.25, 0.3) is 11.1 Å². The number of phenolic OH excluding ortho intramolecular Hbond substituents is 1. The Bertz CT molecular complexity index is 901. The zero-order chi connectivity index (χ0) is 21.7. The molecule has 0 aliphatic rings. The summed E-state index contributed by atoms with van der Waals surface area (Å²) in [6, 6.07) is 12.0. The van der Waals surface area contributed by atoms with Gasteiger partial charge in [0.05, 0.1) is 12.4 Å². The Morgan fingerprint density at radius 1 is 0.931 bits per heavy atom. The molecule has 156 valence electrons. The van der Waals surface area contributed by atoms with Gasteiger partial charge in [-0.25, -0.2) is 0 Å². The van der Waals surface area contributed by atoms with Gasteiger partial charge in [-0.1, -0.05) is 71.3 Å². The summed E-state index contributed by atoms with van der Waals surface area (Å²) in [4.78, 5) is 0. The second kappa shape index (κ2) is 9.45. The van der Waals surface area contributed by atoms with Gasteiger partial charge in [-0.3, -0.25) is 0 Å². The Balaban J connectivity index is 0.000000521. The summed E-state index contributed by atoms with van der Waals surface area (Å²) in [5.41, 5.74) is 4.07. The molecule has 0 saturated carbocycles. The molecule has 3 rings (SSSR count). The van der Waals surface area contributed by atoms with Gasteiger partial charge in [0.15, 0.2) is 0 Å². The van der Waals surface area contributed by atoms with Crippen LogP contribution in [0.15, 0.2) is 48.8 Å². The number of hydrogen-bond donors (Lipinski definition) is 2. The van der Waals surface area contributed by atoms with Gasteiger partial charge in [-0.05, 0) is 53.0 Å². The highest BCUT2D eigenvalue weighted by molar-refractivity contribution is 6.30. The number of aromatic amines is 1. The third kappa shape index (κ3) is 5.60. The Kier molecular flexibility index (Phi) is 7.48. The van der Waals surface area contributed by atoms with Crippen LogP contribution in [-0.2, 0) is 10.8 Å². The van der Waals surface area contributed by atoms with Crippen molar-refractivity contribution >= 4 is 11.6 Å². The van der Waals surface area contributed by atoms with E-state index in [1.807, 2.05) is 24.3 Å². The molecule has 0 aliphatic carbocycles. The molecule has 0 atom stereocenters. The van der Waals surface area contributed by atoms with Crippen molar-refractivity contribution in [1.82, 2.24) is 15.4 Å². The van der Waals surface area contributed by atoms with Crippen LogP contribution in [0, 0.1) is 0 Å². The SMILES string of the molecule is CCC(C)(C)c1cc(-c2cccc(Cl)c2)c(O)c(C(C)(C)CC)c1.c1cn[nH]n1. The van der Waals surface area contributed by atoms with Crippen LogP contribution < -0.4 is 0 Å². The highest BCUT2D eigenvalue weighted by atomic mass is 35.5. The first-order chi connectivity index (χ1) is 13.6. The molecule has 1 heterocycles. The van der Waals surface area contributed by atoms with Gasteiger partial charge in [0.25, 0.3) is 0 Å². The average molecular weight is 414 g/mol. The summed E-state index contributed by atoms with van der Waals surface area (Å²) in [5.74, 6) is 0.375. The second-order valence-corrected chi connectivity index (χ2v) is 9.00. The van der Waals surface area contributed by atoms with E-state index in [1.54, 1.807) is 12.4 Å². The number of aromatic nitrogens is 3. The molecule has 0 amide bonds. The quantitative estimate of drug-likeness (QED) is 0.478. The van der Waals surface area contributed by atoms with Crippen molar-refractivity contribution in [3.63, 3.8) is 0 Å². The minimum atomic E-state index is -0.0861. The zero-order valence-electron chi connectivity index (χ0n) is 18.3. The summed E-state index contributed by atoms with van der Waals surface area (Å²) < 4.78 is 0. The topological polar surface area (TPSA) is 61.8 Å². The Morgan fingerprint density at radius 2 is 1.55 bits per heavy atom. The van der Waals surface area contributed by atoms with Gasteiger partial charge in [0.1, 0.15) is 5.75 Å². The fourth-order valence-electron chi connectivity index (χ4n) is 2.98. The van der Waals surface area contributed by atoms with E-state index >= 15 is 0 Å². The predicted molar refractivity (Wildman–Crippen MR) is 122 cm³/mol. The second-order valence-electron chi connectivity index (χ2n) is 8.56.